The first-order valence-corrected chi connectivity index (χ1v) is 13.6. The van der Waals surface area contributed by atoms with Gasteiger partial charge in [-0.2, -0.15) is 0 Å². The lowest BCUT2D eigenvalue weighted by Crippen LogP contribution is -2.58. The number of amides is 2. The third kappa shape index (κ3) is 6.76. The number of phenolic OH excluding ortho intramolecular Hbond substituents is 1. The van der Waals surface area contributed by atoms with Gasteiger partial charge in [0.15, 0.2) is 11.4 Å². The van der Waals surface area contributed by atoms with Gasteiger partial charge < -0.3 is 44.6 Å². The van der Waals surface area contributed by atoms with Crippen LogP contribution in [0, 0.1) is 6.92 Å². The first-order chi connectivity index (χ1) is 20.2. The molecule has 2 amide bonds. The molecule has 12 nitrogen and oxygen atoms in total. The molecule has 0 spiro atoms. The molecule has 1 fully saturated rings. The summed E-state index contributed by atoms with van der Waals surface area (Å²) >= 11 is 0. The zero-order valence-corrected chi connectivity index (χ0v) is 24.8. The highest BCUT2D eigenvalue weighted by atomic mass is 16.7. The Labute approximate surface area is 248 Å². The van der Waals surface area contributed by atoms with E-state index in [1.165, 1.54) is 31.4 Å². The molecule has 1 aliphatic heterocycles. The van der Waals surface area contributed by atoms with E-state index >= 15 is 0 Å². The van der Waals surface area contributed by atoms with Gasteiger partial charge in [0.2, 0.25) is 6.29 Å². The number of methoxy groups -OCH3 is 1. The average molecular weight is 597 g/mol. The van der Waals surface area contributed by atoms with Gasteiger partial charge in [0, 0.05) is 24.7 Å². The molecule has 4 rings (SSSR count). The van der Waals surface area contributed by atoms with Crippen LogP contribution < -0.4 is 21.4 Å². The Morgan fingerprint density at radius 2 is 1.91 bits per heavy atom. The Kier molecular flexibility index (Phi) is 9.02. The van der Waals surface area contributed by atoms with E-state index in [2.05, 4.69) is 5.32 Å². The molecule has 0 unspecified atom stereocenters. The summed E-state index contributed by atoms with van der Waals surface area (Å²) in [5.41, 5.74) is 5.11. The van der Waals surface area contributed by atoms with Crippen molar-refractivity contribution in [3.63, 3.8) is 0 Å². The number of primary amides is 1. The Bertz CT molecular complexity index is 1640. The molecule has 3 atom stereocenters. The number of carbonyl (C=O) groups excluding carboxylic acids is 2. The molecular weight excluding hydrogens is 560 g/mol. The first kappa shape index (κ1) is 31.4. The summed E-state index contributed by atoms with van der Waals surface area (Å²) in [6.07, 6.45) is -0.763. The molecule has 230 valence electrons. The predicted octanol–water partition coefficient (Wildman–Crippen LogP) is 4.66. The van der Waals surface area contributed by atoms with Gasteiger partial charge in [-0.25, -0.2) is 9.59 Å². The van der Waals surface area contributed by atoms with Crippen molar-refractivity contribution >= 4 is 28.7 Å². The third-order valence-corrected chi connectivity index (χ3v) is 7.22. The van der Waals surface area contributed by atoms with Crippen LogP contribution in [0.4, 0.5) is 10.5 Å². The molecule has 0 aliphatic carbocycles. The minimum Gasteiger partial charge on any atom is -0.508 e. The average Bonchev–Trinajstić information content (AvgIpc) is 2.91. The van der Waals surface area contributed by atoms with Crippen LogP contribution in [0.3, 0.4) is 0 Å². The molecular formula is C31H36N2O10. The van der Waals surface area contributed by atoms with Crippen LogP contribution in [-0.2, 0) is 20.6 Å². The zero-order chi connectivity index (χ0) is 31.6. The molecule has 1 saturated heterocycles. The maximum Gasteiger partial charge on any atom is 0.404 e. The molecule has 1 aliphatic rings. The molecule has 0 bridgehead atoms. The normalized spacial score (nSPS) is 19.4. The van der Waals surface area contributed by atoms with E-state index in [0.29, 0.717) is 17.5 Å². The second-order valence-corrected chi connectivity index (χ2v) is 11.1. The van der Waals surface area contributed by atoms with Crippen molar-refractivity contribution in [3.8, 4) is 17.2 Å². The number of aromatic hydroxyl groups is 2. The number of hydrogen-bond donors (Lipinski definition) is 4. The van der Waals surface area contributed by atoms with Gasteiger partial charge in [0.25, 0.3) is 5.91 Å². The van der Waals surface area contributed by atoms with Crippen molar-refractivity contribution in [2.75, 3.05) is 12.4 Å². The number of anilines is 1. The van der Waals surface area contributed by atoms with Crippen LogP contribution in [-0.4, -0.2) is 53.4 Å². The van der Waals surface area contributed by atoms with E-state index in [0.717, 1.165) is 5.57 Å². The smallest absolute Gasteiger partial charge is 0.404 e. The Balaban J connectivity index is 1.60. The molecule has 1 aromatic heterocycles. The number of phenols is 1. The summed E-state index contributed by atoms with van der Waals surface area (Å²) in [4.78, 5) is 37.4. The van der Waals surface area contributed by atoms with Gasteiger partial charge in [-0.15, -0.1) is 0 Å². The second-order valence-electron chi connectivity index (χ2n) is 11.1. The van der Waals surface area contributed by atoms with E-state index in [1.807, 2.05) is 19.9 Å². The van der Waals surface area contributed by atoms with Crippen molar-refractivity contribution in [2.24, 2.45) is 5.73 Å². The SMILES string of the molecule is CO[C@@H]1[C@@H](OC(N)=O)C[C@H](Oc2ccc3c(O)c(NC(=O)c4ccc(O)c(CC=C(C)C)c4)c(=O)oc3c2C)OC1(C)C. The van der Waals surface area contributed by atoms with E-state index in [9.17, 15) is 24.6 Å². The van der Waals surface area contributed by atoms with Crippen LogP contribution in [0.1, 0.15) is 55.6 Å². The predicted molar refractivity (Wildman–Crippen MR) is 158 cm³/mol. The Hall–Kier alpha value is -4.55. The fourth-order valence-electron chi connectivity index (χ4n) is 5.12. The highest BCUT2D eigenvalue weighted by Crippen LogP contribution is 2.38. The summed E-state index contributed by atoms with van der Waals surface area (Å²) in [6.45, 7) is 8.99. The van der Waals surface area contributed by atoms with Gasteiger partial charge in [-0.1, -0.05) is 11.6 Å². The lowest BCUT2D eigenvalue weighted by Gasteiger charge is -2.45. The molecule has 2 heterocycles. The minimum atomic E-state index is -0.977. The molecule has 0 saturated carbocycles. The standard InChI is InChI=1S/C31H36N2O10/c1-15(2)7-8-17-13-18(9-11-20(17)34)28(36)33-24-25(35)19-10-12-21(16(3)26(19)42-29(24)37)40-23-14-22(41-30(32)38)27(39-6)31(4,5)43-23/h7,9-13,22-23,27,34-35H,8,14H2,1-6H3,(H2,32,38)(H,33,36)/t22-,23+,27+/m0/s1. The van der Waals surface area contributed by atoms with E-state index in [1.54, 1.807) is 26.8 Å². The number of aryl methyl sites for hydroxylation is 1. The van der Waals surface area contributed by atoms with Crippen molar-refractivity contribution in [1.29, 1.82) is 0 Å². The number of nitrogens with two attached hydrogens (primary N) is 1. The van der Waals surface area contributed by atoms with Crippen LogP contribution in [0.15, 0.2) is 51.2 Å². The number of rotatable bonds is 8. The van der Waals surface area contributed by atoms with Crippen LogP contribution in [0.5, 0.6) is 17.2 Å². The lowest BCUT2D eigenvalue weighted by molar-refractivity contribution is -0.263. The first-order valence-electron chi connectivity index (χ1n) is 13.6. The third-order valence-electron chi connectivity index (χ3n) is 7.22. The number of allylic oxidation sites excluding steroid dienone is 2. The van der Waals surface area contributed by atoms with Gasteiger partial charge in [-0.05, 0) is 76.9 Å². The van der Waals surface area contributed by atoms with Gasteiger partial charge in [-0.3, -0.25) is 4.79 Å². The fraction of sp³-hybridized carbons (Fsp3) is 0.387. The van der Waals surface area contributed by atoms with Crippen LogP contribution in [0.2, 0.25) is 0 Å². The summed E-state index contributed by atoms with van der Waals surface area (Å²) in [7, 11) is 1.47. The Morgan fingerprint density at radius 3 is 2.56 bits per heavy atom. The topological polar surface area (TPSA) is 180 Å². The van der Waals surface area contributed by atoms with Crippen molar-refractivity contribution < 1.29 is 43.2 Å². The maximum atomic E-state index is 13.0. The molecule has 43 heavy (non-hydrogen) atoms. The summed E-state index contributed by atoms with van der Waals surface area (Å²) < 4.78 is 28.4. The van der Waals surface area contributed by atoms with E-state index in [-0.39, 0.29) is 34.5 Å². The van der Waals surface area contributed by atoms with Crippen LogP contribution in [0.25, 0.3) is 11.0 Å². The highest BCUT2D eigenvalue weighted by molar-refractivity contribution is 6.06. The van der Waals surface area contributed by atoms with Crippen molar-refractivity contribution in [2.45, 2.75) is 71.6 Å². The number of hydrogen-bond acceptors (Lipinski definition) is 10. The maximum absolute atomic E-state index is 13.0. The molecule has 5 N–H and O–H groups in total. The van der Waals surface area contributed by atoms with Crippen LogP contribution >= 0.6 is 0 Å². The van der Waals surface area contributed by atoms with Crippen molar-refractivity contribution in [3.05, 3.63) is 69.1 Å². The molecule has 2 aromatic carbocycles. The number of nitrogens with one attached hydrogen (secondary N) is 1. The molecule has 3 aromatic rings. The van der Waals surface area contributed by atoms with Gasteiger partial charge in [0.05, 0.1) is 11.0 Å². The Morgan fingerprint density at radius 1 is 1.19 bits per heavy atom. The summed E-state index contributed by atoms with van der Waals surface area (Å²) in [5.74, 6) is -0.830. The van der Waals surface area contributed by atoms with Crippen molar-refractivity contribution in [1.82, 2.24) is 0 Å². The summed E-state index contributed by atoms with van der Waals surface area (Å²) in [5, 5.41) is 23.7. The highest BCUT2D eigenvalue weighted by Gasteiger charge is 2.47. The molecule has 12 heteroatoms. The number of benzene rings is 2. The second kappa shape index (κ2) is 12.4. The zero-order valence-electron chi connectivity index (χ0n) is 24.8. The monoisotopic (exact) mass is 596 g/mol. The minimum absolute atomic E-state index is 0.0345. The van der Waals surface area contributed by atoms with Gasteiger partial charge >= 0.3 is 11.7 Å². The van der Waals surface area contributed by atoms with Gasteiger partial charge in [0.1, 0.15) is 29.3 Å². The number of carbonyl (C=O) groups is 2. The summed E-state index contributed by atoms with van der Waals surface area (Å²) in [6, 6.07) is 7.35. The quantitative estimate of drug-likeness (QED) is 0.211. The largest absolute Gasteiger partial charge is 0.508 e. The molecule has 0 radical (unpaired) electrons. The van der Waals surface area contributed by atoms with E-state index in [4.69, 9.17) is 29.1 Å². The fourth-order valence-corrected chi connectivity index (χ4v) is 5.12. The lowest BCUT2D eigenvalue weighted by atomic mass is 9.91. The number of fused-ring (bicyclic) bond motifs is 1. The number of ether oxygens (including phenoxy) is 4. The van der Waals surface area contributed by atoms with E-state index < -0.39 is 53.2 Å².